The van der Waals surface area contributed by atoms with E-state index in [-0.39, 0.29) is 5.91 Å². The summed E-state index contributed by atoms with van der Waals surface area (Å²) < 4.78 is 1.96. The molecule has 1 aromatic carbocycles. The number of fused-ring (bicyclic) bond motifs is 3. The smallest absolute Gasteiger partial charge is 0.264 e. The third kappa shape index (κ3) is 2.87. The molecule has 4 heterocycles. The van der Waals surface area contributed by atoms with Crippen LogP contribution >= 0.6 is 11.3 Å². The lowest BCUT2D eigenvalue weighted by Crippen LogP contribution is -2.48. The minimum atomic E-state index is 0.140. The molecule has 1 N–H and O–H groups in total. The van der Waals surface area contributed by atoms with E-state index in [1.807, 2.05) is 60.0 Å². The van der Waals surface area contributed by atoms with E-state index in [9.17, 15) is 4.79 Å². The van der Waals surface area contributed by atoms with E-state index in [2.05, 4.69) is 10.4 Å². The number of thiophene rings is 1. The molecule has 2 atom stereocenters. The number of hydrogen-bond acceptors (Lipinski definition) is 4. The molecule has 2 aromatic heterocycles. The summed E-state index contributed by atoms with van der Waals surface area (Å²) in [5.41, 5.74) is 1.99. The lowest BCUT2D eigenvalue weighted by molar-refractivity contribution is 0.0686. The fourth-order valence-corrected chi connectivity index (χ4v) is 5.75. The van der Waals surface area contributed by atoms with Crippen LogP contribution in [0.15, 0.2) is 36.4 Å². The highest BCUT2D eigenvalue weighted by Crippen LogP contribution is 2.33. The second kappa shape index (κ2) is 6.46. The molecule has 27 heavy (non-hydrogen) atoms. The number of benzene rings is 1. The van der Waals surface area contributed by atoms with Crippen LogP contribution < -0.4 is 5.32 Å². The molecule has 1 amide bonds. The molecule has 6 heteroatoms. The molecule has 2 bridgehead atoms. The zero-order chi connectivity index (χ0) is 18.5. The highest BCUT2D eigenvalue weighted by atomic mass is 32.1. The van der Waals surface area contributed by atoms with Gasteiger partial charge < -0.3 is 10.2 Å². The van der Waals surface area contributed by atoms with Crippen LogP contribution in [0.2, 0.25) is 0 Å². The maximum atomic E-state index is 13.2. The number of nitrogens with one attached hydrogen (secondary N) is 1. The van der Waals surface area contributed by atoms with Crippen molar-refractivity contribution >= 4 is 27.5 Å². The van der Waals surface area contributed by atoms with E-state index < -0.39 is 0 Å². The Morgan fingerprint density at radius 3 is 2.63 bits per heavy atom. The molecule has 0 radical (unpaired) electrons. The van der Waals surface area contributed by atoms with Gasteiger partial charge in [0.2, 0.25) is 0 Å². The maximum Gasteiger partial charge on any atom is 0.264 e. The summed E-state index contributed by atoms with van der Waals surface area (Å²) in [6.07, 6.45) is 4.64. The molecule has 2 fully saturated rings. The molecule has 2 saturated heterocycles. The standard InChI is InChI=1S/C21H24N4OS/c1-13-18-12-19(27-21(18)25(23-13)16-6-4-3-5-7-16)20(26)24(2)17-10-14-8-9-15(11-17)22-14/h3-7,12,14-15,17,22H,8-11H2,1-2H3. The zero-order valence-electron chi connectivity index (χ0n) is 15.7. The largest absolute Gasteiger partial charge is 0.338 e. The van der Waals surface area contributed by atoms with Crippen molar-refractivity contribution in [3.8, 4) is 5.69 Å². The monoisotopic (exact) mass is 380 g/mol. The fourth-order valence-electron chi connectivity index (χ4n) is 4.58. The zero-order valence-corrected chi connectivity index (χ0v) is 16.5. The molecule has 0 spiro atoms. The number of nitrogens with zero attached hydrogens (tertiary/aromatic N) is 3. The van der Waals surface area contributed by atoms with Gasteiger partial charge >= 0.3 is 0 Å². The first-order valence-corrected chi connectivity index (χ1v) is 10.5. The van der Waals surface area contributed by atoms with E-state index >= 15 is 0 Å². The second-order valence-corrected chi connectivity index (χ2v) is 8.87. The van der Waals surface area contributed by atoms with Crippen LogP contribution in [0, 0.1) is 6.92 Å². The van der Waals surface area contributed by atoms with Crippen LogP contribution in [0.5, 0.6) is 0 Å². The van der Waals surface area contributed by atoms with E-state index in [4.69, 9.17) is 0 Å². The van der Waals surface area contributed by atoms with Crippen LogP contribution in [0.25, 0.3) is 15.9 Å². The molecular weight excluding hydrogens is 356 g/mol. The Morgan fingerprint density at radius 1 is 1.22 bits per heavy atom. The number of para-hydroxylation sites is 1. The highest BCUT2D eigenvalue weighted by Gasteiger charge is 2.36. The molecular formula is C21H24N4OS. The average molecular weight is 381 g/mol. The molecule has 3 aromatic rings. The third-order valence-corrected chi connectivity index (χ3v) is 7.17. The van der Waals surface area contributed by atoms with Crippen molar-refractivity contribution in [2.45, 2.75) is 50.7 Å². The van der Waals surface area contributed by atoms with Crippen LogP contribution in [-0.2, 0) is 0 Å². The van der Waals surface area contributed by atoms with Crippen LogP contribution in [0.4, 0.5) is 0 Å². The fraction of sp³-hybridized carbons (Fsp3) is 0.429. The number of hydrogen-bond donors (Lipinski definition) is 1. The Kier molecular flexibility index (Phi) is 4.06. The first-order chi connectivity index (χ1) is 13.1. The first kappa shape index (κ1) is 17.0. The summed E-state index contributed by atoms with van der Waals surface area (Å²) in [5, 5.41) is 9.41. The van der Waals surface area contributed by atoms with Crippen molar-refractivity contribution in [1.82, 2.24) is 20.0 Å². The Bertz CT molecular complexity index is 980. The van der Waals surface area contributed by atoms with Gasteiger partial charge in [-0.15, -0.1) is 11.3 Å². The Balaban J connectivity index is 1.45. The van der Waals surface area contributed by atoms with E-state index in [1.165, 1.54) is 12.8 Å². The number of aromatic nitrogens is 2. The number of rotatable bonds is 3. The van der Waals surface area contributed by atoms with Crippen molar-refractivity contribution in [2.24, 2.45) is 0 Å². The molecule has 2 unspecified atom stereocenters. The van der Waals surface area contributed by atoms with E-state index in [0.29, 0.717) is 18.1 Å². The van der Waals surface area contributed by atoms with Crippen molar-refractivity contribution in [1.29, 1.82) is 0 Å². The van der Waals surface area contributed by atoms with Gasteiger partial charge in [-0.1, -0.05) is 18.2 Å². The van der Waals surface area contributed by atoms with Gasteiger partial charge in [0.15, 0.2) is 0 Å². The van der Waals surface area contributed by atoms with Gasteiger partial charge in [-0.3, -0.25) is 4.79 Å². The first-order valence-electron chi connectivity index (χ1n) is 9.68. The van der Waals surface area contributed by atoms with Gasteiger partial charge in [-0.05, 0) is 50.8 Å². The predicted molar refractivity (Wildman–Crippen MR) is 109 cm³/mol. The summed E-state index contributed by atoms with van der Waals surface area (Å²) in [4.78, 5) is 17.0. The average Bonchev–Trinajstić information content (AvgIpc) is 3.36. The minimum Gasteiger partial charge on any atom is -0.338 e. The predicted octanol–water partition coefficient (Wildman–Crippen LogP) is 3.75. The lowest BCUT2D eigenvalue weighted by atomic mass is 9.98. The van der Waals surface area contributed by atoms with Crippen molar-refractivity contribution in [2.75, 3.05) is 7.05 Å². The van der Waals surface area contributed by atoms with Crippen LogP contribution in [0.3, 0.4) is 0 Å². The van der Waals surface area contributed by atoms with Crippen LogP contribution in [-0.4, -0.2) is 45.8 Å². The molecule has 2 aliphatic heterocycles. The van der Waals surface area contributed by atoms with Gasteiger partial charge in [0, 0.05) is 30.6 Å². The SMILES string of the molecule is Cc1nn(-c2ccccc2)c2sc(C(=O)N(C)C3CC4CCC(C3)N4)cc12. The minimum absolute atomic E-state index is 0.140. The number of aryl methyl sites for hydroxylation is 1. The van der Waals surface area contributed by atoms with Gasteiger partial charge in [-0.2, -0.15) is 5.10 Å². The summed E-state index contributed by atoms with van der Waals surface area (Å²) in [5.74, 6) is 0.140. The topological polar surface area (TPSA) is 50.2 Å². The normalized spacial score (nSPS) is 24.4. The quantitative estimate of drug-likeness (QED) is 0.753. The molecule has 140 valence electrons. The van der Waals surface area contributed by atoms with Crippen molar-refractivity contribution in [3.63, 3.8) is 0 Å². The molecule has 2 aliphatic rings. The van der Waals surface area contributed by atoms with Crippen molar-refractivity contribution < 1.29 is 4.79 Å². The van der Waals surface area contributed by atoms with E-state index in [1.54, 1.807) is 11.3 Å². The Morgan fingerprint density at radius 2 is 1.93 bits per heavy atom. The number of carbonyl (C=O) groups is 1. The molecule has 0 saturated carbocycles. The Labute approximate surface area is 163 Å². The van der Waals surface area contributed by atoms with Gasteiger partial charge in [0.05, 0.1) is 16.3 Å². The summed E-state index contributed by atoms with van der Waals surface area (Å²) in [6.45, 7) is 2.01. The molecule has 5 rings (SSSR count). The number of carbonyl (C=O) groups excluding carboxylic acids is 1. The number of piperidine rings is 1. The van der Waals surface area contributed by atoms with Crippen molar-refractivity contribution in [3.05, 3.63) is 47.0 Å². The van der Waals surface area contributed by atoms with Gasteiger partial charge in [0.25, 0.3) is 5.91 Å². The molecule has 0 aliphatic carbocycles. The number of amides is 1. The summed E-state index contributed by atoms with van der Waals surface area (Å²) in [7, 11) is 1.97. The summed E-state index contributed by atoms with van der Waals surface area (Å²) in [6, 6.07) is 13.6. The van der Waals surface area contributed by atoms with Crippen LogP contribution in [0.1, 0.15) is 41.0 Å². The highest BCUT2D eigenvalue weighted by molar-refractivity contribution is 7.20. The van der Waals surface area contributed by atoms with Gasteiger partial charge in [-0.25, -0.2) is 4.68 Å². The van der Waals surface area contributed by atoms with Gasteiger partial charge in [0.1, 0.15) is 4.83 Å². The second-order valence-electron chi connectivity index (χ2n) is 7.84. The van der Waals surface area contributed by atoms with E-state index in [0.717, 1.165) is 39.3 Å². The maximum absolute atomic E-state index is 13.2. The lowest BCUT2D eigenvalue weighted by Gasteiger charge is -2.35. The third-order valence-electron chi connectivity index (χ3n) is 6.07. The summed E-state index contributed by atoms with van der Waals surface area (Å²) >= 11 is 1.55. The Hall–Kier alpha value is -2.18. The molecule has 5 nitrogen and oxygen atoms in total.